The van der Waals surface area contributed by atoms with Gasteiger partial charge in [-0.15, -0.1) is 0 Å². The molecule has 2 aromatic carbocycles. The first kappa shape index (κ1) is 19.8. The van der Waals surface area contributed by atoms with Gasteiger partial charge in [0.15, 0.2) is 11.6 Å². The molecule has 0 atom stereocenters. The van der Waals surface area contributed by atoms with Gasteiger partial charge in [0.25, 0.3) is 15.9 Å². The van der Waals surface area contributed by atoms with Gasteiger partial charge in [0, 0.05) is 6.07 Å². The molecule has 0 aliphatic carbocycles. The lowest BCUT2D eigenvalue weighted by Crippen LogP contribution is -2.31. The molecular weight excluding hydrogens is 364 g/mol. The summed E-state index contributed by atoms with van der Waals surface area (Å²) in [5.41, 5.74) is 1.65. The molecule has 1 amide bonds. The van der Waals surface area contributed by atoms with Crippen LogP contribution in [0.3, 0.4) is 0 Å². The number of nitrogens with one attached hydrogen (secondary N) is 2. The van der Waals surface area contributed by atoms with E-state index in [1.807, 2.05) is 20.8 Å². The molecule has 0 aliphatic rings. The summed E-state index contributed by atoms with van der Waals surface area (Å²) in [6.45, 7) is 5.94. The van der Waals surface area contributed by atoms with E-state index in [0.717, 1.165) is 5.56 Å². The molecular formula is C17H19F2N3O3S. The van der Waals surface area contributed by atoms with Crippen molar-refractivity contribution < 1.29 is 22.0 Å². The normalized spacial score (nSPS) is 11.9. The van der Waals surface area contributed by atoms with Crippen molar-refractivity contribution in [1.29, 1.82) is 0 Å². The number of amides is 1. The van der Waals surface area contributed by atoms with Gasteiger partial charge in [0.05, 0.1) is 16.1 Å². The number of hydrazine groups is 1. The van der Waals surface area contributed by atoms with Crippen molar-refractivity contribution in [3.63, 3.8) is 0 Å². The molecule has 0 aliphatic heterocycles. The summed E-state index contributed by atoms with van der Waals surface area (Å²) in [7, 11) is -4.13. The van der Waals surface area contributed by atoms with Gasteiger partial charge in [-0.1, -0.05) is 32.9 Å². The molecule has 2 rings (SSSR count). The SMILES string of the molecule is CC(C)(C)c1ccc(S(=O)(=O)Nc2cc(F)c(F)cc2C(=O)NN)cc1. The molecule has 0 heterocycles. The predicted molar refractivity (Wildman–Crippen MR) is 94.0 cm³/mol. The van der Waals surface area contributed by atoms with Gasteiger partial charge in [-0.25, -0.2) is 23.0 Å². The van der Waals surface area contributed by atoms with Crippen LogP contribution < -0.4 is 16.0 Å². The predicted octanol–water partition coefficient (Wildman–Crippen LogP) is 2.67. The molecule has 0 fully saturated rings. The molecule has 0 radical (unpaired) electrons. The molecule has 0 unspecified atom stereocenters. The highest BCUT2D eigenvalue weighted by Gasteiger charge is 2.22. The topological polar surface area (TPSA) is 101 Å². The highest BCUT2D eigenvalue weighted by atomic mass is 32.2. The Kier molecular flexibility index (Phi) is 5.33. The Balaban J connectivity index is 2.44. The van der Waals surface area contributed by atoms with Crippen LogP contribution in [0.2, 0.25) is 0 Å². The third-order valence-electron chi connectivity index (χ3n) is 3.71. The zero-order chi connectivity index (χ0) is 19.7. The summed E-state index contributed by atoms with van der Waals surface area (Å²) in [6.07, 6.45) is 0. The summed E-state index contributed by atoms with van der Waals surface area (Å²) in [5, 5.41) is 0. The van der Waals surface area contributed by atoms with Crippen LogP contribution in [0.5, 0.6) is 0 Å². The van der Waals surface area contributed by atoms with Gasteiger partial charge in [-0.3, -0.25) is 14.9 Å². The zero-order valence-corrected chi connectivity index (χ0v) is 15.2. The minimum Gasteiger partial charge on any atom is -0.290 e. The van der Waals surface area contributed by atoms with Gasteiger partial charge < -0.3 is 0 Å². The van der Waals surface area contributed by atoms with Crippen LogP contribution in [0.15, 0.2) is 41.3 Å². The Morgan fingerprint density at radius 2 is 1.58 bits per heavy atom. The molecule has 4 N–H and O–H groups in total. The summed E-state index contributed by atoms with van der Waals surface area (Å²) in [6, 6.07) is 7.26. The first-order chi connectivity index (χ1) is 12.0. The van der Waals surface area contributed by atoms with E-state index in [-0.39, 0.29) is 10.3 Å². The van der Waals surface area contributed by atoms with Crippen LogP contribution in [-0.4, -0.2) is 14.3 Å². The van der Waals surface area contributed by atoms with E-state index in [9.17, 15) is 22.0 Å². The van der Waals surface area contributed by atoms with Crippen LogP contribution in [0.25, 0.3) is 0 Å². The molecule has 0 bridgehead atoms. The number of hydrogen-bond donors (Lipinski definition) is 3. The lowest BCUT2D eigenvalue weighted by atomic mass is 9.87. The number of halogens is 2. The van der Waals surface area contributed by atoms with E-state index < -0.39 is 38.8 Å². The molecule has 26 heavy (non-hydrogen) atoms. The summed E-state index contributed by atoms with van der Waals surface area (Å²) in [4.78, 5) is 11.6. The Morgan fingerprint density at radius 1 is 1.04 bits per heavy atom. The van der Waals surface area contributed by atoms with Crippen LogP contribution >= 0.6 is 0 Å². The van der Waals surface area contributed by atoms with Crippen molar-refractivity contribution in [2.45, 2.75) is 31.1 Å². The highest BCUT2D eigenvalue weighted by molar-refractivity contribution is 7.92. The fourth-order valence-electron chi connectivity index (χ4n) is 2.23. The number of nitrogens with two attached hydrogens (primary N) is 1. The Morgan fingerprint density at radius 3 is 2.08 bits per heavy atom. The number of nitrogen functional groups attached to an aromatic ring is 1. The average molecular weight is 383 g/mol. The van der Waals surface area contributed by atoms with Crippen molar-refractivity contribution in [2.75, 3.05) is 4.72 Å². The number of benzene rings is 2. The number of carbonyl (C=O) groups excluding carboxylic acids is 1. The fraction of sp³-hybridized carbons (Fsp3) is 0.235. The molecule has 9 heteroatoms. The minimum atomic E-state index is -4.13. The maximum absolute atomic E-state index is 13.5. The number of hydrogen-bond acceptors (Lipinski definition) is 4. The van der Waals surface area contributed by atoms with Crippen molar-refractivity contribution in [3.05, 3.63) is 59.2 Å². The summed E-state index contributed by atoms with van der Waals surface area (Å²) < 4.78 is 54.1. The van der Waals surface area contributed by atoms with E-state index in [2.05, 4.69) is 4.72 Å². The number of carbonyl (C=O) groups is 1. The lowest BCUT2D eigenvalue weighted by molar-refractivity contribution is 0.0954. The molecule has 0 aromatic heterocycles. The number of anilines is 1. The van der Waals surface area contributed by atoms with Gasteiger partial charge in [0.2, 0.25) is 0 Å². The zero-order valence-electron chi connectivity index (χ0n) is 14.4. The van der Waals surface area contributed by atoms with Crippen LogP contribution in [0.4, 0.5) is 14.5 Å². The Hall–Kier alpha value is -2.52. The van der Waals surface area contributed by atoms with E-state index in [4.69, 9.17) is 5.84 Å². The third kappa shape index (κ3) is 4.17. The largest absolute Gasteiger partial charge is 0.290 e. The standard InChI is InChI=1S/C17H19F2N3O3S/c1-17(2,3)10-4-6-11(7-5-10)26(24,25)22-15-9-14(19)13(18)8-12(15)16(23)21-20/h4-9,22H,20H2,1-3H3,(H,21,23). The fourth-order valence-corrected chi connectivity index (χ4v) is 3.31. The average Bonchev–Trinajstić information content (AvgIpc) is 2.56. The molecule has 2 aromatic rings. The molecule has 6 nitrogen and oxygen atoms in total. The van der Waals surface area contributed by atoms with E-state index in [0.29, 0.717) is 12.1 Å². The maximum atomic E-state index is 13.5. The van der Waals surface area contributed by atoms with Crippen molar-refractivity contribution >= 4 is 21.6 Å². The molecule has 0 saturated heterocycles. The maximum Gasteiger partial charge on any atom is 0.267 e. The van der Waals surface area contributed by atoms with Crippen molar-refractivity contribution in [3.8, 4) is 0 Å². The number of rotatable bonds is 4. The summed E-state index contributed by atoms with van der Waals surface area (Å²) in [5.74, 6) is 1.42. The van der Waals surface area contributed by atoms with Gasteiger partial charge in [-0.05, 0) is 29.2 Å². The molecule has 0 saturated carbocycles. The first-order valence-electron chi connectivity index (χ1n) is 7.59. The van der Waals surface area contributed by atoms with Crippen LogP contribution in [0.1, 0.15) is 36.7 Å². The van der Waals surface area contributed by atoms with Gasteiger partial charge in [0.1, 0.15) is 0 Å². The summed E-state index contributed by atoms with van der Waals surface area (Å²) >= 11 is 0. The Labute approximate surface area is 150 Å². The highest BCUT2D eigenvalue weighted by Crippen LogP contribution is 2.26. The van der Waals surface area contributed by atoms with Crippen LogP contribution in [0, 0.1) is 11.6 Å². The second-order valence-electron chi connectivity index (χ2n) is 6.67. The first-order valence-corrected chi connectivity index (χ1v) is 9.07. The minimum absolute atomic E-state index is 0.0886. The second kappa shape index (κ2) is 7.00. The number of sulfonamides is 1. The lowest BCUT2D eigenvalue weighted by Gasteiger charge is -2.19. The van der Waals surface area contributed by atoms with E-state index in [1.54, 1.807) is 17.6 Å². The molecule has 0 spiro atoms. The smallest absolute Gasteiger partial charge is 0.267 e. The van der Waals surface area contributed by atoms with Crippen LogP contribution in [-0.2, 0) is 15.4 Å². The Bertz CT molecular complexity index is 937. The third-order valence-corrected chi connectivity index (χ3v) is 5.09. The van der Waals surface area contributed by atoms with E-state index in [1.165, 1.54) is 12.1 Å². The monoisotopic (exact) mass is 383 g/mol. The molecule has 140 valence electrons. The van der Waals surface area contributed by atoms with Gasteiger partial charge in [-0.2, -0.15) is 0 Å². The van der Waals surface area contributed by atoms with Gasteiger partial charge >= 0.3 is 0 Å². The quantitative estimate of drug-likeness (QED) is 0.429. The second-order valence-corrected chi connectivity index (χ2v) is 8.35. The van der Waals surface area contributed by atoms with Crippen molar-refractivity contribution in [1.82, 2.24) is 5.43 Å². The van der Waals surface area contributed by atoms with E-state index >= 15 is 0 Å². The van der Waals surface area contributed by atoms with Crippen molar-refractivity contribution in [2.24, 2.45) is 5.84 Å².